The maximum atomic E-state index is 13.0. The molecule has 0 aromatic heterocycles. The lowest BCUT2D eigenvalue weighted by molar-refractivity contribution is -0.137. The molecule has 2 nitrogen and oxygen atoms in total. The van der Waals surface area contributed by atoms with E-state index in [9.17, 15) is 13.2 Å². The monoisotopic (exact) mass is 304 g/mol. The normalized spacial score (nSPS) is 14.7. The van der Waals surface area contributed by atoms with E-state index in [1.807, 2.05) is 20.8 Å². The van der Waals surface area contributed by atoms with Crippen LogP contribution < -0.4 is 11.1 Å². The van der Waals surface area contributed by atoms with Gasteiger partial charge < -0.3 is 11.1 Å². The van der Waals surface area contributed by atoms with Gasteiger partial charge in [0.15, 0.2) is 0 Å². The fourth-order valence-corrected chi connectivity index (χ4v) is 2.02. The van der Waals surface area contributed by atoms with Gasteiger partial charge in [-0.25, -0.2) is 0 Å². The number of hydrogen-bond acceptors (Lipinski definition) is 2. The predicted molar refractivity (Wildman–Crippen MR) is 79.9 cm³/mol. The zero-order valence-electron chi connectivity index (χ0n) is 11.7. The van der Waals surface area contributed by atoms with Crippen LogP contribution in [0.5, 0.6) is 0 Å². The number of benzene rings is 1. The summed E-state index contributed by atoms with van der Waals surface area (Å²) in [4.78, 5) is -0.251. The minimum atomic E-state index is -4.48. The average Bonchev–Trinajstić information content (AvgIpc) is 2.36. The fraction of sp³-hybridized carbons (Fsp3) is 0.500. The quantitative estimate of drug-likeness (QED) is 0.801. The Bertz CT molecular complexity index is 486. The Kier molecular flexibility index (Phi) is 5.39. The van der Waals surface area contributed by atoms with Crippen molar-refractivity contribution in [3.05, 3.63) is 29.3 Å². The molecule has 3 N–H and O–H groups in total. The first kappa shape index (κ1) is 16.8. The van der Waals surface area contributed by atoms with Crippen molar-refractivity contribution in [1.29, 1.82) is 0 Å². The van der Waals surface area contributed by atoms with Crippen LogP contribution in [0.2, 0.25) is 0 Å². The molecule has 112 valence electrons. The van der Waals surface area contributed by atoms with Crippen molar-refractivity contribution in [3.8, 4) is 0 Å². The van der Waals surface area contributed by atoms with Gasteiger partial charge in [0.25, 0.3) is 0 Å². The van der Waals surface area contributed by atoms with Gasteiger partial charge in [0.1, 0.15) is 4.99 Å². The van der Waals surface area contributed by atoms with E-state index in [4.69, 9.17) is 5.73 Å². The van der Waals surface area contributed by atoms with Gasteiger partial charge in [-0.2, -0.15) is 13.2 Å². The summed E-state index contributed by atoms with van der Waals surface area (Å²) in [5.41, 5.74) is 4.82. The zero-order valence-corrected chi connectivity index (χ0v) is 12.5. The van der Waals surface area contributed by atoms with Gasteiger partial charge in [-0.1, -0.05) is 32.5 Å². The van der Waals surface area contributed by atoms with E-state index in [2.05, 4.69) is 17.5 Å². The molecule has 0 aliphatic rings. The molecule has 0 heterocycles. The minimum Gasteiger partial charge on any atom is -0.389 e. The van der Waals surface area contributed by atoms with E-state index >= 15 is 0 Å². The number of nitrogens with two attached hydrogens (primary N) is 1. The van der Waals surface area contributed by atoms with Crippen LogP contribution in [-0.4, -0.2) is 11.0 Å². The van der Waals surface area contributed by atoms with Crippen molar-refractivity contribution in [2.75, 3.05) is 5.32 Å². The second-order valence-electron chi connectivity index (χ2n) is 4.94. The molecule has 0 bridgehead atoms. The molecule has 6 heteroatoms. The van der Waals surface area contributed by atoms with Crippen LogP contribution in [0.25, 0.3) is 0 Å². The largest absolute Gasteiger partial charge is 0.417 e. The van der Waals surface area contributed by atoms with Crippen LogP contribution in [0.3, 0.4) is 0 Å². The maximum absolute atomic E-state index is 13.0. The third kappa shape index (κ3) is 4.10. The summed E-state index contributed by atoms with van der Waals surface area (Å²) in [6.07, 6.45) is -3.53. The first-order valence-corrected chi connectivity index (χ1v) is 6.85. The highest BCUT2D eigenvalue weighted by atomic mass is 32.1. The van der Waals surface area contributed by atoms with Crippen molar-refractivity contribution < 1.29 is 13.2 Å². The molecule has 20 heavy (non-hydrogen) atoms. The van der Waals surface area contributed by atoms with Crippen molar-refractivity contribution in [1.82, 2.24) is 0 Å². The van der Waals surface area contributed by atoms with Crippen molar-refractivity contribution in [3.63, 3.8) is 0 Å². The number of alkyl halides is 3. The SMILES string of the molecule is CCC(C)C(C)Nc1ccc(C(N)=S)c(C(F)(F)F)c1. The Morgan fingerprint density at radius 1 is 1.35 bits per heavy atom. The Labute approximate surface area is 122 Å². The smallest absolute Gasteiger partial charge is 0.389 e. The Morgan fingerprint density at radius 3 is 2.40 bits per heavy atom. The summed E-state index contributed by atoms with van der Waals surface area (Å²) in [6.45, 7) is 6.04. The van der Waals surface area contributed by atoms with Crippen LogP contribution >= 0.6 is 12.2 Å². The molecule has 2 atom stereocenters. The molecule has 0 radical (unpaired) electrons. The highest BCUT2D eigenvalue weighted by Gasteiger charge is 2.34. The first-order chi connectivity index (χ1) is 9.16. The van der Waals surface area contributed by atoms with E-state index in [-0.39, 0.29) is 16.6 Å². The standard InChI is InChI=1S/C14H19F3N2S/c1-4-8(2)9(3)19-10-5-6-11(13(18)20)12(7-10)14(15,16)17/h5-9,19H,4H2,1-3H3,(H2,18,20). The molecule has 1 aromatic carbocycles. The van der Waals surface area contributed by atoms with Crippen LogP contribution in [0, 0.1) is 5.92 Å². The third-order valence-corrected chi connectivity index (χ3v) is 3.70. The van der Waals surface area contributed by atoms with Crippen molar-refractivity contribution in [2.24, 2.45) is 11.7 Å². The van der Waals surface area contributed by atoms with Crippen molar-refractivity contribution >= 4 is 22.9 Å². The molecular weight excluding hydrogens is 285 g/mol. The first-order valence-electron chi connectivity index (χ1n) is 6.44. The van der Waals surface area contributed by atoms with E-state index in [0.29, 0.717) is 11.6 Å². The van der Waals surface area contributed by atoms with Gasteiger partial charge >= 0.3 is 6.18 Å². The lowest BCUT2D eigenvalue weighted by Gasteiger charge is -2.22. The summed E-state index contributed by atoms with van der Waals surface area (Å²) in [6, 6.07) is 4.03. The third-order valence-electron chi connectivity index (χ3n) is 3.48. The number of nitrogens with one attached hydrogen (secondary N) is 1. The molecule has 0 fully saturated rings. The summed E-state index contributed by atoms with van der Waals surface area (Å²) >= 11 is 4.67. The molecule has 1 rings (SSSR count). The fourth-order valence-electron chi connectivity index (χ4n) is 1.84. The lowest BCUT2D eigenvalue weighted by Crippen LogP contribution is -2.24. The molecule has 2 unspecified atom stereocenters. The lowest BCUT2D eigenvalue weighted by atomic mass is 10.00. The number of halogens is 3. The molecule has 0 aliphatic heterocycles. The topological polar surface area (TPSA) is 38.0 Å². The molecule has 0 saturated carbocycles. The predicted octanol–water partition coefficient (Wildman–Crippen LogP) is 4.19. The van der Waals surface area contributed by atoms with E-state index in [1.165, 1.54) is 6.07 Å². The van der Waals surface area contributed by atoms with Gasteiger partial charge in [0, 0.05) is 17.3 Å². The average molecular weight is 304 g/mol. The van der Waals surface area contributed by atoms with E-state index in [0.717, 1.165) is 12.5 Å². The minimum absolute atomic E-state index is 0.0803. The number of anilines is 1. The number of rotatable bonds is 5. The highest BCUT2D eigenvalue weighted by Crippen LogP contribution is 2.34. The second kappa shape index (κ2) is 6.43. The molecular formula is C14H19F3N2S. The van der Waals surface area contributed by atoms with Gasteiger partial charge in [-0.05, 0) is 31.0 Å². The van der Waals surface area contributed by atoms with Gasteiger partial charge in [0.2, 0.25) is 0 Å². The Morgan fingerprint density at radius 2 is 1.95 bits per heavy atom. The Balaban J connectivity index is 3.11. The van der Waals surface area contributed by atoms with Crippen LogP contribution in [0.4, 0.5) is 18.9 Å². The van der Waals surface area contributed by atoms with Gasteiger partial charge in [0.05, 0.1) is 5.56 Å². The van der Waals surface area contributed by atoms with Crippen molar-refractivity contribution in [2.45, 2.75) is 39.4 Å². The molecule has 0 aliphatic carbocycles. The van der Waals surface area contributed by atoms with Crippen LogP contribution in [0.1, 0.15) is 38.3 Å². The number of thiocarbonyl (C=S) groups is 1. The molecule has 1 aromatic rings. The summed E-state index contributed by atoms with van der Waals surface area (Å²) in [5, 5.41) is 3.09. The molecule has 0 amide bonds. The van der Waals surface area contributed by atoms with E-state index < -0.39 is 11.7 Å². The highest BCUT2D eigenvalue weighted by molar-refractivity contribution is 7.80. The molecule has 0 saturated heterocycles. The maximum Gasteiger partial charge on any atom is 0.417 e. The second-order valence-corrected chi connectivity index (χ2v) is 5.38. The summed E-state index contributed by atoms with van der Waals surface area (Å²) in [7, 11) is 0. The van der Waals surface area contributed by atoms with E-state index in [1.54, 1.807) is 6.07 Å². The van der Waals surface area contributed by atoms with Gasteiger partial charge in [-0.3, -0.25) is 0 Å². The molecule has 0 spiro atoms. The summed E-state index contributed by atoms with van der Waals surface area (Å²) in [5.74, 6) is 0.361. The summed E-state index contributed by atoms with van der Waals surface area (Å²) < 4.78 is 39.0. The van der Waals surface area contributed by atoms with Crippen LogP contribution in [0.15, 0.2) is 18.2 Å². The van der Waals surface area contributed by atoms with Gasteiger partial charge in [-0.15, -0.1) is 0 Å². The van der Waals surface area contributed by atoms with Crippen LogP contribution in [-0.2, 0) is 6.18 Å². The zero-order chi connectivity index (χ0) is 15.5. The number of hydrogen-bond donors (Lipinski definition) is 2. The Hall–Kier alpha value is -1.30.